The lowest BCUT2D eigenvalue weighted by atomic mass is 9.94. The van der Waals surface area contributed by atoms with Crippen LogP contribution in [0.1, 0.15) is 5.56 Å². The van der Waals surface area contributed by atoms with Crippen molar-refractivity contribution in [1.29, 1.82) is 0 Å². The van der Waals surface area contributed by atoms with Gasteiger partial charge in [0, 0.05) is 25.2 Å². The first-order valence-corrected chi connectivity index (χ1v) is 8.90. The summed E-state index contributed by atoms with van der Waals surface area (Å²) in [4.78, 5) is 2.22. The van der Waals surface area contributed by atoms with Crippen LogP contribution in [0.3, 0.4) is 0 Å². The number of hydrogen-bond donors (Lipinski definition) is 2. The van der Waals surface area contributed by atoms with E-state index >= 15 is 0 Å². The Morgan fingerprint density at radius 3 is 2.88 bits per heavy atom. The lowest BCUT2D eigenvalue weighted by Gasteiger charge is -2.45. The van der Waals surface area contributed by atoms with Gasteiger partial charge < -0.3 is 29.4 Å². The molecule has 0 aromatic heterocycles. The molecular formula is C18H26N2O5. The Balaban J connectivity index is 1.46. The molecule has 1 aromatic carbocycles. The third-order valence-electron chi connectivity index (χ3n) is 5.32. The quantitative estimate of drug-likeness (QED) is 0.773. The Morgan fingerprint density at radius 2 is 2.08 bits per heavy atom. The zero-order chi connectivity index (χ0) is 17.2. The summed E-state index contributed by atoms with van der Waals surface area (Å²) in [5.74, 6) is 0.839. The normalized spacial score (nSPS) is 35.7. The highest BCUT2D eigenvalue weighted by atomic mass is 16.7. The minimum atomic E-state index is -0.556. The van der Waals surface area contributed by atoms with Crippen LogP contribution in [-0.2, 0) is 20.8 Å². The van der Waals surface area contributed by atoms with Crippen molar-refractivity contribution in [2.75, 3.05) is 40.0 Å². The van der Waals surface area contributed by atoms with Gasteiger partial charge in [-0.2, -0.15) is 0 Å². The number of hydrogen-bond acceptors (Lipinski definition) is 7. The second kappa shape index (κ2) is 7.57. The topological polar surface area (TPSA) is 72.4 Å². The summed E-state index contributed by atoms with van der Waals surface area (Å²) in [6, 6.07) is 7.55. The van der Waals surface area contributed by atoms with Gasteiger partial charge in [-0.05, 0) is 6.07 Å². The number of nitrogens with one attached hydrogen (secondary N) is 1. The van der Waals surface area contributed by atoms with Crippen LogP contribution in [0.2, 0.25) is 0 Å². The van der Waals surface area contributed by atoms with Crippen LogP contribution in [-0.4, -0.2) is 80.6 Å². The Morgan fingerprint density at radius 1 is 1.28 bits per heavy atom. The number of aliphatic hydroxyl groups excluding tert-OH is 1. The molecule has 3 heterocycles. The van der Waals surface area contributed by atoms with Crippen LogP contribution in [0.15, 0.2) is 24.3 Å². The first-order chi connectivity index (χ1) is 12.3. The molecule has 4 rings (SSSR count). The second-order valence-electron chi connectivity index (χ2n) is 6.72. The first-order valence-electron chi connectivity index (χ1n) is 8.90. The Bertz CT molecular complexity index is 580. The van der Waals surface area contributed by atoms with Crippen molar-refractivity contribution in [3.63, 3.8) is 0 Å². The zero-order valence-corrected chi connectivity index (χ0v) is 14.5. The number of methoxy groups -OCH3 is 1. The molecule has 7 heteroatoms. The molecule has 0 amide bonds. The summed E-state index contributed by atoms with van der Waals surface area (Å²) in [6.07, 6.45) is -1.05. The van der Waals surface area contributed by atoms with E-state index < -0.39 is 6.10 Å². The number of fused-ring (bicyclic) bond motifs is 2. The number of morpholine rings is 1. The van der Waals surface area contributed by atoms with Gasteiger partial charge in [0.15, 0.2) is 6.29 Å². The molecule has 0 radical (unpaired) electrons. The summed E-state index contributed by atoms with van der Waals surface area (Å²) in [7, 11) is 1.67. The van der Waals surface area contributed by atoms with Gasteiger partial charge in [0.1, 0.15) is 11.9 Å². The van der Waals surface area contributed by atoms with Gasteiger partial charge in [-0.3, -0.25) is 4.90 Å². The third-order valence-corrected chi connectivity index (χ3v) is 5.32. The largest absolute Gasteiger partial charge is 0.496 e. The van der Waals surface area contributed by atoms with E-state index in [9.17, 15) is 5.11 Å². The van der Waals surface area contributed by atoms with Gasteiger partial charge in [-0.1, -0.05) is 18.2 Å². The maximum atomic E-state index is 11.0. The number of nitrogens with zero attached hydrogens (tertiary/aromatic N) is 1. The minimum Gasteiger partial charge on any atom is -0.496 e. The van der Waals surface area contributed by atoms with Crippen molar-refractivity contribution in [1.82, 2.24) is 10.2 Å². The van der Waals surface area contributed by atoms with Crippen molar-refractivity contribution in [3.05, 3.63) is 29.8 Å². The molecule has 0 spiro atoms. The highest BCUT2D eigenvalue weighted by Crippen LogP contribution is 2.32. The maximum Gasteiger partial charge on any atom is 0.176 e. The molecule has 0 unspecified atom stereocenters. The van der Waals surface area contributed by atoms with Gasteiger partial charge in [-0.25, -0.2) is 0 Å². The summed E-state index contributed by atoms with van der Waals surface area (Å²) >= 11 is 0. The van der Waals surface area contributed by atoms with Crippen LogP contribution < -0.4 is 10.1 Å². The second-order valence-corrected chi connectivity index (χ2v) is 6.72. The summed E-state index contributed by atoms with van der Waals surface area (Å²) in [5.41, 5.74) is 1.06. The molecular weight excluding hydrogens is 324 g/mol. The van der Waals surface area contributed by atoms with E-state index in [4.69, 9.17) is 18.9 Å². The fourth-order valence-electron chi connectivity index (χ4n) is 3.99. The molecule has 138 valence electrons. The van der Waals surface area contributed by atoms with Gasteiger partial charge in [0.25, 0.3) is 0 Å². The van der Waals surface area contributed by atoms with Crippen molar-refractivity contribution in [2.24, 2.45) is 0 Å². The fourth-order valence-corrected chi connectivity index (χ4v) is 3.99. The van der Waals surface area contributed by atoms with Crippen molar-refractivity contribution in [3.8, 4) is 5.75 Å². The van der Waals surface area contributed by atoms with Crippen LogP contribution in [0.25, 0.3) is 0 Å². The average Bonchev–Trinajstić information content (AvgIpc) is 3.08. The zero-order valence-electron chi connectivity index (χ0n) is 14.5. The summed E-state index contributed by atoms with van der Waals surface area (Å²) < 4.78 is 22.7. The smallest absolute Gasteiger partial charge is 0.176 e. The Kier molecular flexibility index (Phi) is 5.21. The lowest BCUT2D eigenvalue weighted by molar-refractivity contribution is -0.191. The Labute approximate surface area is 147 Å². The SMILES string of the molecule is COc1ccccc1CN[C@H]1[C@H](O)[C@@H](N2CCOCC2)[C@@H]2OC[C@H]1O2. The number of para-hydroxylation sites is 1. The third kappa shape index (κ3) is 3.40. The molecule has 3 aliphatic rings. The van der Waals surface area contributed by atoms with Gasteiger partial charge in [0.05, 0.1) is 45.1 Å². The van der Waals surface area contributed by atoms with Gasteiger partial charge in [0.2, 0.25) is 0 Å². The van der Waals surface area contributed by atoms with E-state index in [0.29, 0.717) is 26.4 Å². The van der Waals surface area contributed by atoms with E-state index in [1.54, 1.807) is 7.11 Å². The van der Waals surface area contributed by atoms with E-state index in [0.717, 1.165) is 24.4 Å². The van der Waals surface area contributed by atoms with E-state index in [-0.39, 0.29) is 24.5 Å². The molecule has 3 saturated heterocycles. The fraction of sp³-hybridized carbons (Fsp3) is 0.667. The number of benzene rings is 1. The van der Waals surface area contributed by atoms with Crippen molar-refractivity contribution >= 4 is 0 Å². The molecule has 25 heavy (non-hydrogen) atoms. The van der Waals surface area contributed by atoms with Crippen LogP contribution in [0.5, 0.6) is 5.75 Å². The van der Waals surface area contributed by atoms with Crippen molar-refractivity contribution in [2.45, 2.75) is 37.1 Å². The monoisotopic (exact) mass is 350 g/mol. The highest BCUT2D eigenvalue weighted by molar-refractivity contribution is 5.33. The standard InChI is InChI=1S/C18H26N2O5/c1-22-13-5-3-2-4-12(13)10-19-15-14-11-24-18(25-14)16(17(15)21)20-6-8-23-9-7-20/h2-5,14-19,21H,6-11H2,1H3/t14-,15-,16-,17+,18-/m1/s1. The predicted molar refractivity (Wildman–Crippen MR) is 90.4 cm³/mol. The van der Waals surface area contributed by atoms with Crippen LogP contribution >= 0.6 is 0 Å². The van der Waals surface area contributed by atoms with Crippen molar-refractivity contribution < 1.29 is 24.1 Å². The molecule has 5 atom stereocenters. The maximum absolute atomic E-state index is 11.0. The van der Waals surface area contributed by atoms with Crippen LogP contribution in [0, 0.1) is 0 Å². The number of aliphatic hydroxyl groups is 1. The molecule has 2 N–H and O–H groups in total. The Hall–Kier alpha value is -1.22. The van der Waals surface area contributed by atoms with Crippen LogP contribution in [0.4, 0.5) is 0 Å². The number of ether oxygens (including phenoxy) is 4. The predicted octanol–water partition coefficient (Wildman–Crippen LogP) is -0.0298. The van der Waals surface area contributed by atoms with E-state index in [1.807, 2.05) is 24.3 Å². The average molecular weight is 350 g/mol. The van der Waals surface area contributed by atoms with Gasteiger partial charge in [-0.15, -0.1) is 0 Å². The molecule has 3 aliphatic heterocycles. The molecule has 2 bridgehead atoms. The lowest BCUT2D eigenvalue weighted by Crippen LogP contribution is -2.65. The summed E-state index contributed by atoms with van der Waals surface area (Å²) in [5, 5.41) is 14.5. The van der Waals surface area contributed by atoms with Gasteiger partial charge >= 0.3 is 0 Å². The highest BCUT2D eigenvalue weighted by Gasteiger charge is 2.52. The molecule has 0 aliphatic carbocycles. The molecule has 1 aromatic rings. The molecule has 3 fully saturated rings. The van der Waals surface area contributed by atoms with E-state index in [1.165, 1.54) is 0 Å². The molecule has 0 saturated carbocycles. The minimum absolute atomic E-state index is 0.132. The first kappa shape index (κ1) is 17.2. The molecule has 7 nitrogen and oxygen atoms in total. The van der Waals surface area contributed by atoms with E-state index in [2.05, 4.69) is 10.2 Å². The summed E-state index contributed by atoms with van der Waals surface area (Å²) in [6.45, 7) is 4.04. The number of rotatable bonds is 5.